The third kappa shape index (κ3) is 2.74. The average Bonchev–Trinajstić information content (AvgIpc) is 2.39. The van der Waals surface area contributed by atoms with Gasteiger partial charge in [0.25, 0.3) is 0 Å². The Morgan fingerprint density at radius 2 is 2.00 bits per heavy atom. The van der Waals surface area contributed by atoms with Crippen LogP contribution in [0.2, 0.25) is 0 Å². The van der Waals surface area contributed by atoms with Crippen molar-refractivity contribution in [1.29, 1.82) is 5.26 Å². The van der Waals surface area contributed by atoms with Crippen LogP contribution in [0.5, 0.6) is 0 Å². The van der Waals surface area contributed by atoms with Crippen LogP contribution in [0.25, 0.3) is 0 Å². The molecular formula is C13H13N5. The highest BCUT2D eigenvalue weighted by Gasteiger charge is 2.07. The van der Waals surface area contributed by atoms with Gasteiger partial charge in [0.2, 0.25) is 5.95 Å². The maximum absolute atomic E-state index is 8.76. The summed E-state index contributed by atoms with van der Waals surface area (Å²) in [7, 11) is 0. The summed E-state index contributed by atoms with van der Waals surface area (Å²) in [5, 5.41) is 11.9. The largest absolute Gasteiger partial charge is 0.399 e. The number of nitrogens with one attached hydrogen (secondary N) is 1. The van der Waals surface area contributed by atoms with E-state index in [1.54, 1.807) is 12.3 Å². The zero-order chi connectivity index (χ0) is 13.0. The van der Waals surface area contributed by atoms with Gasteiger partial charge in [-0.3, -0.25) is 0 Å². The third-order valence-corrected chi connectivity index (χ3v) is 2.55. The molecule has 1 heterocycles. The fourth-order valence-corrected chi connectivity index (χ4v) is 1.55. The van der Waals surface area contributed by atoms with Gasteiger partial charge in [-0.2, -0.15) is 5.26 Å². The molecule has 5 nitrogen and oxygen atoms in total. The van der Waals surface area contributed by atoms with Gasteiger partial charge in [-0.1, -0.05) is 12.1 Å². The van der Waals surface area contributed by atoms with Crippen LogP contribution in [-0.4, -0.2) is 9.97 Å². The lowest BCUT2D eigenvalue weighted by atomic mass is 10.1. The first-order valence-corrected chi connectivity index (χ1v) is 5.54. The Kier molecular flexibility index (Phi) is 3.39. The number of anilines is 2. The van der Waals surface area contributed by atoms with E-state index in [1.165, 1.54) is 0 Å². The van der Waals surface area contributed by atoms with Gasteiger partial charge in [-0.25, -0.2) is 9.97 Å². The number of nitrogens with two attached hydrogens (primary N) is 1. The van der Waals surface area contributed by atoms with Crippen molar-refractivity contribution in [3.63, 3.8) is 0 Å². The zero-order valence-corrected chi connectivity index (χ0v) is 9.96. The third-order valence-electron chi connectivity index (χ3n) is 2.55. The van der Waals surface area contributed by atoms with E-state index in [1.807, 2.05) is 37.3 Å². The summed E-state index contributed by atoms with van der Waals surface area (Å²) in [6, 6.07) is 11.2. The topological polar surface area (TPSA) is 87.6 Å². The minimum Gasteiger partial charge on any atom is -0.399 e. The van der Waals surface area contributed by atoms with Crippen LogP contribution in [0.1, 0.15) is 24.2 Å². The molecule has 0 saturated heterocycles. The van der Waals surface area contributed by atoms with Gasteiger partial charge in [-0.05, 0) is 30.7 Å². The molecule has 0 amide bonds. The van der Waals surface area contributed by atoms with Crippen LogP contribution >= 0.6 is 0 Å². The van der Waals surface area contributed by atoms with Crippen molar-refractivity contribution >= 4 is 11.6 Å². The van der Waals surface area contributed by atoms with Crippen molar-refractivity contribution in [1.82, 2.24) is 9.97 Å². The smallest absolute Gasteiger partial charge is 0.224 e. The van der Waals surface area contributed by atoms with Crippen LogP contribution in [0.4, 0.5) is 11.6 Å². The lowest BCUT2D eigenvalue weighted by Crippen LogP contribution is -2.09. The SMILES string of the molecule is CC(Nc1nccc(C#N)n1)c1ccc(N)cc1. The Balaban J connectivity index is 2.13. The van der Waals surface area contributed by atoms with Crippen molar-refractivity contribution in [3.8, 4) is 6.07 Å². The van der Waals surface area contributed by atoms with Crippen LogP contribution in [-0.2, 0) is 0 Å². The molecule has 18 heavy (non-hydrogen) atoms. The summed E-state index contributed by atoms with van der Waals surface area (Å²) in [5.41, 5.74) is 7.79. The summed E-state index contributed by atoms with van der Waals surface area (Å²) in [6.45, 7) is 1.99. The van der Waals surface area contributed by atoms with Crippen molar-refractivity contribution in [2.24, 2.45) is 0 Å². The second-order valence-corrected chi connectivity index (χ2v) is 3.91. The summed E-state index contributed by atoms with van der Waals surface area (Å²) >= 11 is 0. The second kappa shape index (κ2) is 5.15. The standard InChI is InChI=1S/C13H13N5/c1-9(10-2-4-11(15)5-3-10)17-13-16-7-6-12(8-14)18-13/h2-7,9H,15H2,1H3,(H,16,17,18). The van der Waals surface area contributed by atoms with E-state index in [9.17, 15) is 0 Å². The van der Waals surface area contributed by atoms with Crippen LogP contribution < -0.4 is 11.1 Å². The number of benzene rings is 1. The molecule has 0 fully saturated rings. The van der Waals surface area contributed by atoms with Gasteiger partial charge in [0, 0.05) is 11.9 Å². The van der Waals surface area contributed by atoms with Gasteiger partial charge in [0.15, 0.2) is 0 Å². The maximum Gasteiger partial charge on any atom is 0.224 e. The number of hydrogen-bond acceptors (Lipinski definition) is 5. The first-order chi connectivity index (χ1) is 8.69. The van der Waals surface area contributed by atoms with Crippen molar-refractivity contribution in [3.05, 3.63) is 47.8 Å². The Morgan fingerprint density at radius 3 is 2.67 bits per heavy atom. The molecule has 1 aromatic carbocycles. The van der Waals surface area contributed by atoms with Crippen molar-refractivity contribution in [2.45, 2.75) is 13.0 Å². The second-order valence-electron chi connectivity index (χ2n) is 3.91. The molecule has 3 N–H and O–H groups in total. The maximum atomic E-state index is 8.76. The normalized spacial score (nSPS) is 11.6. The Bertz CT molecular complexity index is 571. The van der Waals surface area contributed by atoms with E-state index < -0.39 is 0 Å². The number of hydrogen-bond donors (Lipinski definition) is 2. The summed E-state index contributed by atoms with van der Waals surface area (Å²) in [6.07, 6.45) is 1.56. The van der Waals surface area contributed by atoms with Gasteiger partial charge in [0.1, 0.15) is 11.8 Å². The van der Waals surface area contributed by atoms with E-state index in [4.69, 9.17) is 11.0 Å². The van der Waals surface area contributed by atoms with Crippen LogP contribution in [0, 0.1) is 11.3 Å². The summed E-state index contributed by atoms with van der Waals surface area (Å²) in [4.78, 5) is 8.14. The highest BCUT2D eigenvalue weighted by atomic mass is 15.1. The molecule has 1 aromatic heterocycles. The van der Waals surface area contributed by atoms with Gasteiger partial charge in [0.05, 0.1) is 6.04 Å². The molecule has 5 heteroatoms. The Morgan fingerprint density at radius 1 is 1.28 bits per heavy atom. The predicted molar refractivity (Wildman–Crippen MR) is 69.6 cm³/mol. The van der Waals surface area contributed by atoms with E-state index in [0.29, 0.717) is 11.6 Å². The monoisotopic (exact) mass is 239 g/mol. The number of aromatic nitrogens is 2. The predicted octanol–water partition coefficient (Wildman–Crippen LogP) is 2.10. The Hall–Kier alpha value is -2.61. The summed E-state index contributed by atoms with van der Waals surface area (Å²) in [5.74, 6) is 0.443. The van der Waals surface area contributed by atoms with E-state index in [2.05, 4.69) is 15.3 Å². The van der Waals surface area contributed by atoms with Crippen LogP contribution in [0.15, 0.2) is 36.5 Å². The zero-order valence-electron chi connectivity index (χ0n) is 9.96. The van der Waals surface area contributed by atoms with Gasteiger partial charge < -0.3 is 11.1 Å². The molecule has 0 bridgehead atoms. The molecule has 0 spiro atoms. The number of nitrogens with zero attached hydrogens (tertiary/aromatic N) is 3. The molecule has 0 saturated carbocycles. The minimum atomic E-state index is 0.0412. The molecular weight excluding hydrogens is 226 g/mol. The lowest BCUT2D eigenvalue weighted by molar-refractivity contribution is 0.859. The number of rotatable bonds is 3. The van der Waals surface area contributed by atoms with E-state index in [0.717, 1.165) is 11.3 Å². The van der Waals surface area contributed by atoms with E-state index in [-0.39, 0.29) is 6.04 Å². The highest BCUT2D eigenvalue weighted by molar-refractivity contribution is 5.42. The molecule has 1 unspecified atom stereocenters. The van der Waals surface area contributed by atoms with Crippen molar-refractivity contribution < 1.29 is 0 Å². The first-order valence-electron chi connectivity index (χ1n) is 5.54. The quantitative estimate of drug-likeness (QED) is 0.801. The fraction of sp³-hybridized carbons (Fsp3) is 0.154. The minimum absolute atomic E-state index is 0.0412. The average molecular weight is 239 g/mol. The molecule has 2 aromatic rings. The van der Waals surface area contributed by atoms with Gasteiger partial charge >= 0.3 is 0 Å². The molecule has 0 aliphatic carbocycles. The van der Waals surface area contributed by atoms with Gasteiger partial charge in [-0.15, -0.1) is 0 Å². The Labute approximate surface area is 105 Å². The first kappa shape index (κ1) is 11.9. The lowest BCUT2D eigenvalue weighted by Gasteiger charge is -2.14. The summed E-state index contributed by atoms with van der Waals surface area (Å²) < 4.78 is 0. The van der Waals surface area contributed by atoms with Crippen LogP contribution in [0.3, 0.4) is 0 Å². The van der Waals surface area contributed by atoms with E-state index >= 15 is 0 Å². The molecule has 0 aliphatic heterocycles. The molecule has 1 atom stereocenters. The molecule has 90 valence electrons. The molecule has 2 rings (SSSR count). The highest BCUT2D eigenvalue weighted by Crippen LogP contribution is 2.17. The molecule has 0 radical (unpaired) electrons. The molecule has 0 aliphatic rings. The fourth-order valence-electron chi connectivity index (χ4n) is 1.55. The number of nitriles is 1. The number of nitrogen functional groups attached to an aromatic ring is 1. The van der Waals surface area contributed by atoms with Crippen molar-refractivity contribution in [2.75, 3.05) is 11.1 Å².